The number of nitrogens with zero attached hydrogens (tertiary/aromatic N) is 1. The average Bonchev–Trinajstić information content (AvgIpc) is 2.01. The van der Waals surface area contributed by atoms with Crippen LogP contribution in [-0.2, 0) is 0 Å². The standard InChI is InChI=1S/C6H5F2N3O3/c7-5(8)2-1-3(9)10-6(12)4(2)11(13)14/h1,5H,(H3,9,10,12). The van der Waals surface area contributed by atoms with E-state index < -0.39 is 28.2 Å². The first-order chi connectivity index (χ1) is 6.43. The van der Waals surface area contributed by atoms with Gasteiger partial charge in [0.2, 0.25) is 0 Å². The van der Waals surface area contributed by atoms with Gasteiger partial charge in [0.1, 0.15) is 11.4 Å². The number of anilines is 1. The SMILES string of the molecule is Nc1cc(C(F)F)c([N+](=O)[O-])c(=O)[nH]1. The summed E-state index contributed by atoms with van der Waals surface area (Å²) in [5.74, 6) is -0.337. The number of nitrogen functional groups attached to an aromatic ring is 1. The molecule has 1 heterocycles. The third-order valence-electron chi connectivity index (χ3n) is 1.48. The number of aromatic amines is 1. The molecule has 76 valence electrons. The van der Waals surface area contributed by atoms with E-state index in [1.807, 2.05) is 4.98 Å². The summed E-state index contributed by atoms with van der Waals surface area (Å²) in [4.78, 5) is 21.9. The van der Waals surface area contributed by atoms with Crippen molar-refractivity contribution in [3.63, 3.8) is 0 Å². The van der Waals surface area contributed by atoms with Gasteiger partial charge >= 0.3 is 11.2 Å². The van der Waals surface area contributed by atoms with Crippen molar-refractivity contribution in [2.45, 2.75) is 6.43 Å². The second kappa shape index (κ2) is 3.40. The second-order valence-corrected chi connectivity index (χ2v) is 2.42. The summed E-state index contributed by atoms with van der Waals surface area (Å²) < 4.78 is 24.5. The quantitative estimate of drug-likeness (QED) is 0.550. The monoisotopic (exact) mass is 205 g/mol. The van der Waals surface area contributed by atoms with Gasteiger partial charge in [-0.05, 0) is 6.07 Å². The Morgan fingerprint density at radius 1 is 1.57 bits per heavy atom. The highest BCUT2D eigenvalue weighted by Crippen LogP contribution is 2.26. The number of H-pyrrole nitrogens is 1. The van der Waals surface area contributed by atoms with Gasteiger partial charge in [-0.3, -0.25) is 14.9 Å². The molecule has 3 N–H and O–H groups in total. The first kappa shape index (κ1) is 10.1. The maximum atomic E-state index is 12.2. The van der Waals surface area contributed by atoms with Crippen LogP contribution in [0.1, 0.15) is 12.0 Å². The predicted molar refractivity (Wildman–Crippen MR) is 43.1 cm³/mol. The van der Waals surface area contributed by atoms with Crippen LogP contribution in [0, 0.1) is 10.1 Å². The maximum absolute atomic E-state index is 12.2. The molecule has 14 heavy (non-hydrogen) atoms. The molecule has 0 atom stereocenters. The molecule has 0 unspecified atom stereocenters. The molecule has 0 spiro atoms. The number of alkyl halides is 2. The lowest BCUT2D eigenvalue weighted by molar-refractivity contribution is -0.387. The Bertz CT molecular complexity index is 429. The fraction of sp³-hybridized carbons (Fsp3) is 0.167. The van der Waals surface area contributed by atoms with Gasteiger partial charge in [0.05, 0.1) is 4.92 Å². The Balaban J connectivity index is 3.53. The molecular weight excluding hydrogens is 200 g/mol. The predicted octanol–water partition coefficient (Wildman–Crippen LogP) is 0.803. The third kappa shape index (κ3) is 1.68. The zero-order valence-electron chi connectivity index (χ0n) is 6.66. The number of aromatic nitrogens is 1. The molecule has 0 aliphatic carbocycles. The molecule has 0 aliphatic heterocycles. The molecule has 6 nitrogen and oxygen atoms in total. The molecular formula is C6H5F2N3O3. The van der Waals surface area contributed by atoms with Crippen molar-refractivity contribution in [1.29, 1.82) is 0 Å². The number of nitrogens with one attached hydrogen (secondary N) is 1. The summed E-state index contributed by atoms with van der Waals surface area (Å²) in [5.41, 5.74) is 1.68. The molecule has 0 saturated carbocycles. The van der Waals surface area contributed by atoms with E-state index in [0.29, 0.717) is 6.07 Å². The summed E-state index contributed by atoms with van der Waals surface area (Å²) in [6.45, 7) is 0. The van der Waals surface area contributed by atoms with Crippen molar-refractivity contribution in [1.82, 2.24) is 4.98 Å². The summed E-state index contributed by atoms with van der Waals surface area (Å²) >= 11 is 0. The fourth-order valence-corrected chi connectivity index (χ4v) is 0.948. The second-order valence-electron chi connectivity index (χ2n) is 2.42. The molecule has 1 aromatic rings. The minimum atomic E-state index is -3.11. The Hall–Kier alpha value is -1.99. The van der Waals surface area contributed by atoms with E-state index in [1.165, 1.54) is 0 Å². The van der Waals surface area contributed by atoms with Crippen LogP contribution in [0.5, 0.6) is 0 Å². The minimum Gasteiger partial charge on any atom is -0.385 e. The van der Waals surface area contributed by atoms with Crippen LogP contribution in [0.4, 0.5) is 20.3 Å². The number of nitro groups is 1. The van der Waals surface area contributed by atoms with Gasteiger partial charge in [0.25, 0.3) is 6.43 Å². The summed E-state index contributed by atoms with van der Waals surface area (Å²) in [6, 6.07) is 0.671. The first-order valence-corrected chi connectivity index (χ1v) is 3.38. The van der Waals surface area contributed by atoms with Crippen LogP contribution in [0.3, 0.4) is 0 Å². The van der Waals surface area contributed by atoms with Crippen LogP contribution < -0.4 is 11.3 Å². The highest BCUT2D eigenvalue weighted by molar-refractivity contribution is 5.45. The maximum Gasteiger partial charge on any atom is 0.342 e. The van der Waals surface area contributed by atoms with Crippen molar-refractivity contribution >= 4 is 11.5 Å². The minimum absolute atomic E-state index is 0.337. The fourth-order valence-electron chi connectivity index (χ4n) is 0.948. The summed E-state index contributed by atoms with van der Waals surface area (Å²) in [7, 11) is 0. The van der Waals surface area contributed by atoms with E-state index in [1.54, 1.807) is 0 Å². The van der Waals surface area contributed by atoms with Gasteiger partial charge in [0.15, 0.2) is 0 Å². The summed E-state index contributed by atoms with van der Waals surface area (Å²) in [6.07, 6.45) is -3.11. The van der Waals surface area contributed by atoms with E-state index in [-0.39, 0.29) is 5.82 Å². The Labute approximate surface area is 75.5 Å². The number of halogens is 2. The number of hydrogen-bond donors (Lipinski definition) is 2. The molecule has 0 radical (unpaired) electrons. The lowest BCUT2D eigenvalue weighted by Gasteiger charge is -2.01. The van der Waals surface area contributed by atoms with Crippen LogP contribution in [0.25, 0.3) is 0 Å². The van der Waals surface area contributed by atoms with Crippen molar-refractivity contribution in [2.24, 2.45) is 0 Å². The molecule has 1 aromatic heterocycles. The van der Waals surface area contributed by atoms with Gasteiger partial charge < -0.3 is 10.7 Å². The third-order valence-corrected chi connectivity index (χ3v) is 1.48. The Morgan fingerprint density at radius 3 is 2.57 bits per heavy atom. The lowest BCUT2D eigenvalue weighted by Crippen LogP contribution is -2.16. The largest absolute Gasteiger partial charge is 0.385 e. The molecule has 0 saturated heterocycles. The van der Waals surface area contributed by atoms with Crippen LogP contribution in [0.15, 0.2) is 10.9 Å². The number of hydrogen-bond acceptors (Lipinski definition) is 4. The van der Waals surface area contributed by atoms with E-state index in [4.69, 9.17) is 5.73 Å². The lowest BCUT2D eigenvalue weighted by atomic mass is 10.2. The normalized spacial score (nSPS) is 10.5. The van der Waals surface area contributed by atoms with E-state index in [9.17, 15) is 23.7 Å². The molecule has 8 heteroatoms. The zero-order chi connectivity index (χ0) is 10.9. The van der Waals surface area contributed by atoms with Gasteiger partial charge in [-0.25, -0.2) is 8.78 Å². The number of pyridine rings is 1. The molecule has 0 bridgehead atoms. The van der Waals surface area contributed by atoms with E-state index in [2.05, 4.69) is 0 Å². The van der Waals surface area contributed by atoms with E-state index in [0.717, 1.165) is 0 Å². The first-order valence-electron chi connectivity index (χ1n) is 3.38. The Morgan fingerprint density at radius 2 is 2.14 bits per heavy atom. The molecule has 0 aliphatic rings. The molecule has 0 aromatic carbocycles. The number of rotatable bonds is 2. The highest BCUT2D eigenvalue weighted by Gasteiger charge is 2.26. The number of nitrogens with two attached hydrogens (primary N) is 1. The smallest absolute Gasteiger partial charge is 0.342 e. The molecule has 1 rings (SSSR count). The van der Waals surface area contributed by atoms with Gasteiger partial charge in [-0.1, -0.05) is 0 Å². The van der Waals surface area contributed by atoms with E-state index >= 15 is 0 Å². The molecule has 0 fully saturated rings. The van der Waals surface area contributed by atoms with Crippen LogP contribution in [0.2, 0.25) is 0 Å². The van der Waals surface area contributed by atoms with Crippen molar-refractivity contribution in [2.75, 3.05) is 5.73 Å². The topological polar surface area (TPSA) is 102 Å². The van der Waals surface area contributed by atoms with Crippen molar-refractivity contribution in [3.8, 4) is 0 Å². The van der Waals surface area contributed by atoms with Crippen LogP contribution >= 0.6 is 0 Å². The van der Waals surface area contributed by atoms with Gasteiger partial charge in [-0.15, -0.1) is 0 Å². The molecule has 0 amide bonds. The van der Waals surface area contributed by atoms with Crippen molar-refractivity contribution < 1.29 is 13.7 Å². The van der Waals surface area contributed by atoms with Gasteiger partial charge in [0, 0.05) is 0 Å². The summed E-state index contributed by atoms with van der Waals surface area (Å²) in [5, 5.41) is 10.3. The Kier molecular flexibility index (Phi) is 2.45. The average molecular weight is 205 g/mol. The van der Waals surface area contributed by atoms with Gasteiger partial charge in [-0.2, -0.15) is 0 Å². The zero-order valence-corrected chi connectivity index (χ0v) is 6.66. The highest BCUT2D eigenvalue weighted by atomic mass is 19.3. The van der Waals surface area contributed by atoms with Crippen LogP contribution in [-0.4, -0.2) is 9.91 Å². The van der Waals surface area contributed by atoms with Crippen molar-refractivity contribution in [3.05, 3.63) is 32.1 Å².